The Morgan fingerprint density at radius 1 is 1.15 bits per heavy atom. The van der Waals surface area contributed by atoms with Crippen LogP contribution in [0.5, 0.6) is 0 Å². The van der Waals surface area contributed by atoms with E-state index >= 15 is 0 Å². The Morgan fingerprint density at radius 3 is 2.56 bits per heavy atom. The van der Waals surface area contributed by atoms with E-state index in [0.717, 1.165) is 5.82 Å². The molecule has 6 nitrogen and oxygen atoms in total. The first kappa shape index (κ1) is 18.8. The molecule has 0 aliphatic carbocycles. The van der Waals surface area contributed by atoms with Gasteiger partial charge >= 0.3 is 5.97 Å². The van der Waals surface area contributed by atoms with E-state index in [0.29, 0.717) is 43.9 Å². The molecule has 1 amide bonds. The zero-order valence-corrected chi connectivity index (χ0v) is 15.2. The fraction of sp³-hybridized carbons (Fsp3) is 0.350. The van der Waals surface area contributed by atoms with Crippen molar-refractivity contribution in [2.24, 2.45) is 0 Å². The molecule has 0 saturated carbocycles. The standard InChI is InChI=1S/C20H22FN3O3/c1-2-27-20(26)16-6-7-18(22-14-16)23-8-10-24(11-9-23)19(25)13-15-4-3-5-17(21)12-15/h3-7,12,14H,2,8-11,13H2,1H3. The van der Waals surface area contributed by atoms with E-state index in [9.17, 15) is 14.0 Å². The highest BCUT2D eigenvalue weighted by Crippen LogP contribution is 2.15. The molecule has 1 fully saturated rings. The highest BCUT2D eigenvalue weighted by atomic mass is 19.1. The van der Waals surface area contributed by atoms with Gasteiger partial charge in [0.25, 0.3) is 0 Å². The molecule has 0 bridgehead atoms. The van der Waals surface area contributed by atoms with Crippen LogP contribution in [0.2, 0.25) is 0 Å². The average Bonchev–Trinajstić information content (AvgIpc) is 2.68. The van der Waals surface area contributed by atoms with E-state index in [1.165, 1.54) is 18.3 Å². The molecular weight excluding hydrogens is 349 g/mol. The molecule has 27 heavy (non-hydrogen) atoms. The molecule has 1 aromatic carbocycles. The lowest BCUT2D eigenvalue weighted by atomic mass is 10.1. The molecule has 1 saturated heterocycles. The van der Waals surface area contributed by atoms with E-state index in [1.807, 2.05) is 0 Å². The third kappa shape index (κ3) is 4.81. The maximum atomic E-state index is 13.3. The summed E-state index contributed by atoms with van der Waals surface area (Å²) in [5, 5.41) is 0. The minimum atomic E-state index is -0.385. The first-order chi connectivity index (χ1) is 13.1. The van der Waals surface area contributed by atoms with Crippen LogP contribution >= 0.6 is 0 Å². The van der Waals surface area contributed by atoms with Crippen molar-refractivity contribution in [2.45, 2.75) is 13.3 Å². The SMILES string of the molecule is CCOC(=O)c1ccc(N2CCN(C(=O)Cc3cccc(F)c3)CC2)nc1. The number of amides is 1. The van der Waals surface area contributed by atoms with Gasteiger partial charge in [0, 0.05) is 32.4 Å². The van der Waals surface area contributed by atoms with Crippen molar-refractivity contribution in [3.63, 3.8) is 0 Å². The van der Waals surface area contributed by atoms with Crippen molar-refractivity contribution < 1.29 is 18.7 Å². The van der Waals surface area contributed by atoms with Crippen LogP contribution in [0.25, 0.3) is 0 Å². The summed E-state index contributed by atoms with van der Waals surface area (Å²) in [6.07, 6.45) is 1.71. The normalized spacial score (nSPS) is 14.1. The molecule has 1 aliphatic heterocycles. The van der Waals surface area contributed by atoms with Gasteiger partial charge in [0.15, 0.2) is 0 Å². The van der Waals surface area contributed by atoms with Gasteiger partial charge in [-0.2, -0.15) is 0 Å². The van der Waals surface area contributed by atoms with E-state index in [-0.39, 0.29) is 24.1 Å². The van der Waals surface area contributed by atoms with Crippen LogP contribution in [0.15, 0.2) is 42.6 Å². The van der Waals surface area contributed by atoms with Crippen molar-refractivity contribution in [3.8, 4) is 0 Å². The van der Waals surface area contributed by atoms with Crippen molar-refractivity contribution >= 4 is 17.7 Å². The van der Waals surface area contributed by atoms with Gasteiger partial charge in [-0.15, -0.1) is 0 Å². The van der Waals surface area contributed by atoms with Crippen molar-refractivity contribution in [1.29, 1.82) is 0 Å². The summed E-state index contributed by atoms with van der Waals surface area (Å²) in [7, 11) is 0. The summed E-state index contributed by atoms with van der Waals surface area (Å²) >= 11 is 0. The molecule has 0 spiro atoms. The Labute approximate surface area is 157 Å². The second-order valence-electron chi connectivity index (χ2n) is 6.30. The average molecular weight is 371 g/mol. The third-order valence-electron chi connectivity index (χ3n) is 4.46. The van der Waals surface area contributed by atoms with E-state index < -0.39 is 0 Å². The highest BCUT2D eigenvalue weighted by molar-refractivity contribution is 5.89. The Hall–Kier alpha value is -2.96. The largest absolute Gasteiger partial charge is 0.462 e. The first-order valence-electron chi connectivity index (χ1n) is 8.97. The summed E-state index contributed by atoms with van der Waals surface area (Å²) in [5.74, 6) is 0.0397. The lowest BCUT2D eigenvalue weighted by molar-refractivity contribution is -0.130. The van der Waals surface area contributed by atoms with Gasteiger partial charge in [-0.3, -0.25) is 4.79 Å². The molecule has 142 valence electrons. The van der Waals surface area contributed by atoms with Crippen molar-refractivity contribution in [3.05, 3.63) is 59.5 Å². The zero-order chi connectivity index (χ0) is 19.2. The Balaban J connectivity index is 1.54. The number of piperazine rings is 1. The number of anilines is 1. The Morgan fingerprint density at radius 2 is 1.93 bits per heavy atom. The number of pyridine rings is 1. The molecule has 7 heteroatoms. The zero-order valence-electron chi connectivity index (χ0n) is 15.2. The van der Waals surface area contributed by atoms with Gasteiger partial charge in [-0.25, -0.2) is 14.2 Å². The fourth-order valence-corrected chi connectivity index (χ4v) is 3.03. The van der Waals surface area contributed by atoms with E-state index in [4.69, 9.17) is 4.74 Å². The molecule has 0 radical (unpaired) electrons. The smallest absolute Gasteiger partial charge is 0.339 e. The molecule has 1 aromatic heterocycles. The number of aromatic nitrogens is 1. The number of nitrogens with zero attached hydrogens (tertiary/aromatic N) is 3. The number of halogens is 1. The van der Waals surface area contributed by atoms with Gasteiger partial charge in [0.2, 0.25) is 5.91 Å². The van der Waals surface area contributed by atoms with E-state index in [2.05, 4.69) is 9.88 Å². The number of benzene rings is 1. The predicted molar refractivity (Wildman–Crippen MR) is 99.1 cm³/mol. The number of hydrogen-bond donors (Lipinski definition) is 0. The summed E-state index contributed by atoms with van der Waals surface area (Å²) in [6, 6.07) is 9.61. The number of hydrogen-bond acceptors (Lipinski definition) is 5. The minimum Gasteiger partial charge on any atom is -0.462 e. The molecule has 3 rings (SSSR count). The van der Waals surface area contributed by atoms with Crippen molar-refractivity contribution in [2.75, 3.05) is 37.7 Å². The maximum absolute atomic E-state index is 13.3. The molecule has 0 unspecified atom stereocenters. The van der Waals surface area contributed by atoms with Gasteiger partial charge in [-0.05, 0) is 36.8 Å². The van der Waals surface area contributed by atoms with Gasteiger partial charge in [0.05, 0.1) is 18.6 Å². The number of carbonyl (C=O) groups excluding carboxylic acids is 2. The highest BCUT2D eigenvalue weighted by Gasteiger charge is 2.22. The Bertz CT molecular complexity index is 802. The molecule has 2 aromatic rings. The van der Waals surface area contributed by atoms with Crippen molar-refractivity contribution in [1.82, 2.24) is 9.88 Å². The summed E-state index contributed by atoms with van der Waals surface area (Å²) < 4.78 is 18.2. The van der Waals surface area contributed by atoms with Crippen LogP contribution in [0, 0.1) is 5.82 Å². The maximum Gasteiger partial charge on any atom is 0.339 e. The van der Waals surface area contributed by atoms with E-state index in [1.54, 1.807) is 36.1 Å². The lowest BCUT2D eigenvalue weighted by Gasteiger charge is -2.35. The number of esters is 1. The monoisotopic (exact) mass is 371 g/mol. The molecule has 0 N–H and O–H groups in total. The van der Waals surface area contributed by atoms with Crippen LogP contribution < -0.4 is 4.90 Å². The van der Waals surface area contributed by atoms with Gasteiger partial charge in [0.1, 0.15) is 11.6 Å². The quantitative estimate of drug-likeness (QED) is 0.755. The number of carbonyl (C=O) groups is 2. The van der Waals surface area contributed by atoms with Crippen LogP contribution in [0.4, 0.5) is 10.2 Å². The number of ether oxygens (including phenoxy) is 1. The van der Waals surface area contributed by atoms with Crippen LogP contribution in [0.1, 0.15) is 22.8 Å². The third-order valence-corrected chi connectivity index (χ3v) is 4.46. The molecular formula is C20H22FN3O3. The Kier molecular flexibility index (Phi) is 6.01. The minimum absolute atomic E-state index is 0.00846. The summed E-state index contributed by atoms with van der Waals surface area (Å²) in [6.45, 7) is 4.55. The van der Waals surface area contributed by atoms with Crippen LogP contribution in [-0.4, -0.2) is 54.5 Å². The van der Waals surface area contributed by atoms with Crippen LogP contribution in [0.3, 0.4) is 0 Å². The molecule has 1 aliphatic rings. The second-order valence-corrected chi connectivity index (χ2v) is 6.30. The fourth-order valence-electron chi connectivity index (χ4n) is 3.03. The van der Waals surface area contributed by atoms with Gasteiger partial charge < -0.3 is 14.5 Å². The summed E-state index contributed by atoms with van der Waals surface area (Å²) in [4.78, 5) is 32.3. The second kappa shape index (κ2) is 8.62. The molecule has 0 atom stereocenters. The lowest BCUT2D eigenvalue weighted by Crippen LogP contribution is -2.49. The van der Waals surface area contributed by atoms with Crippen LogP contribution in [-0.2, 0) is 16.0 Å². The number of rotatable bonds is 5. The predicted octanol–water partition coefficient (Wildman–Crippen LogP) is 2.29. The topological polar surface area (TPSA) is 62.7 Å². The van der Waals surface area contributed by atoms with Gasteiger partial charge in [-0.1, -0.05) is 12.1 Å². The summed E-state index contributed by atoms with van der Waals surface area (Å²) in [5.41, 5.74) is 1.10. The molecule has 2 heterocycles. The first-order valence-corrected chi connectivity index (χ1v) is 8.97.